The van der Waals surface area contributed by atoms with E-state index >= 15 is 0 Å². The summed E-state index contributed by atoms with van der Waals surface area (Å²) in [5, 5.41) is 11.7. The molecule has 6 heteroatoms. The van der Waals surface area contributed by atoms with Crippen molar-refractivity contribution in [3.63, 3.8) is 0 Å². The summed E-state index contributed by atoms with van der Waals surface area (Å²) in [5.74, 6) is 1.46. The first kappa shape index (κ1) is 13.6. The van der Waals surface area contributed by atoms with Gasteiger partial charge in [0.05, 0.1) is 6.42 Å². The zero-order chi connectivity index (χ0) is 13.7. The SMILES string of the molecule is CC1CCN(c2nccnc2NCCC(=O)O)CC1. The third-order valence-electron chi connectivity index (χ3n) is 3.39. The lowest BCUT2D eigenvalue weighted by Crippen LogP contribution is -2.34. The second kappa shape index (κ2) is 6.36. The van der Waals surface area contributed by atoms with Gasteiger partial charge in [0.25, 0.3) is 0 Å². The molecule has 6 nitrogen and oxygen atoms in total. The molecular formula is C13H20N4O2. The van der Waals surface area contributed by atoms with Gasteiger partial charge < -0.3 is 15.3 Å². The molecule has 19 heavy (non-hydrogen) atoms. The Hall–Kier alpha value is -1.85. The molecule has 1 saturated heterocycles. The van der Waals surface area contributed by atoms with Crippen LogP contribution in [0.2, 0.25) is 0 Å². The highest BCUT2D eigenvalue weighted by Crippen LogP contribution is 2.25. The highest BCUT2D eigenvalue weighted by atomic mass is 16.4. The normalized spacial score (nSPS) is 16.4. The number of carboxylic acids is 1. The predicted octanol–water partition coefficient (Wildman–Crippen LogP) is 1.60. The second-order valence-corrected chi connectivity index (χ2v) is 4.97. The quantitative estimate of drug-likeness (QED) is 0.841. The number of hydrogen-bond acceptors (Lipinski definition) is 5. The summed E-state index contributed by atoms with van der Waals surface area (Å²) in [4.78, 5) is 21.4. The molecule has 104 valence electrons. The third-order valence-corrected chi connectivity index (χ3v) is 3.39. The van der Waals surface area contributed by atoms with E-state index < -0.39 is 5.97 Å². The van der Waals surface area contributed by atoms with Gasteiger partial charge in [-0.3, -0.25) is 4.79 Å². The van der Waals surface area contributed by atoms with Crippen LogP contribution in [0.25, 0.3) is 0 Å². The van der Waals surface area contributed by atoms with Crippen LogP contribution in [0.5, 0.6) is 0 Å². The van der Waals surface area contributed by atoms with Gasteiger partial charge in [-0.1, -0.05) is 6.92 Å². The lowest BCUT2D eigenvalue weighted by atomic mass is 9.99. The standard InChI is InChI=1S/C13H20N4O2/c1-10-3-8-17(9-4-10)13-12(15-6-7-16-13)14-5-2-11(18)19/h6-7,10H,2-5,8-9H2,1H3,(H,14,15)(H,18,19). The molecule has 2 heterocycles. The van der Waals surface area contributed by atoms with Crippen molar-refractivity contribution >= 4 is 17.6 Å². The molecule has 2 N–H and O–H groups in total. The Bertz CT molecular complexity index is 430. The third kappa shape index (κ3) is 3.81. The van der Waals surface area contributed by atoms with Gasteiger partial charge >= 0.3 is 5.97 Å². The van der Waals surface area contributed by atoms with Crippen molar-refractivity contribution < 1.29 is 9.90 Å². The van der Waals surface area contributed by atoms with Crippen LogP contribution in [-0.2, 0) is 4.79 Å². The van der Waals surface area contributed by atoms with Crippen molar-refractivity contribution in [3.8, 4) is 0 Å². The molecular weight excluding hydrogens is 244 g/mol. The van der Waals surface area contributed by atoms with Gasteiger partial charge in [0.15, 0.2) is 11.6 Å². The number of nitrogens with one attached hydrogen (secondary N) is 1. The molecule has 0 spiro atoms. The molecule has 1 aromatic rings. The fourth-order valence-corrected chi connectivity index (χ4v) is 2.20. The summed E-state index contributed by atoms with van der Waals surface area (Å²) in [6.07, 6.45) is 5.69. The van der Waals surface area contributed by atoms with Gasteiger partial charge in [0.2, 0.25) is 0 Å². The molecule has 1 aliphatic heterocycles. The van der Waals surface area contributed by atoms with E-state index in [0.29, 0.717) is 12.4 Å². The maximum absolute atomic E-state index is 10.5. The molecule has 1 fully saturated rings. The summed E-state index contributed by atoms with van der Waals surface area (Å²) in [6, 6.07) is 0. The van der Waals surface area contributed by atoms with Crippen LogP contribution in [-0.4, -0.2) is 40.7 Å². The molecule has 0 aliphatic carbocycles. The number of aromatic nitrogens is 2. The Labute approximate surface area is 112 Å². The summed E-state index contributed by atoms with van der Waals surface area (Å²) < 4.78 is 0. The smallest absolute Gasteiger partial charge is 0.305 e. The summed E-state index contributed by atoms with van der Waals surface area (Å²) in [7, 11) is 0. The maximum atomic E-state index is 10.5. The van der Waals surface area contributed by atoms with Crippen LogP contribution in [0, 0.1) is 5.92 Å². The molecule has 2 rings (SSSR count). The van der Waals surface area contributed by atoms with E-state index in [1.165, 1.54) is 0 Å². The van der Waals surface area contributed by atoms with Gasteiger partial charge in [-0.05, 0) is 18.8 Å². The Balaban J connectivity index is 2.01. The molecule has 0 unspecified atom stereocenters. The molecule has 0 aromatic carbocycles. The summed E-state index contributed by atoms with van der Waals surface area (Å²) >= 11 is 0. The van der Waals surface area contributed by atoms with Crippen molar-refractivity contribution in [2.45, 2.75) is 26.2 Å². The first-order valence-corrected chi connectivity index (χ1v) is 6.68. The number of nitrogens with zero attached hydrogens (tertiary/aromatic N) is 3. The summed E-state index contributed by atoms with van der Waals surface area (Å²) in [6.45, 7) is 4.59. The van der Waals surface area contributed by atoms with E-state index in [4.69, 9.17) is 5.11 Å². The number of carboxylic acid groups (broad SMARTS) is 1. The average molecular weight is 264 g/mol. The Morgan fingerprint density at radius 3 is 2.79 bits per heavy atom. The number of carbonyl (C=O) groups is 1. The lowest BCUT2D eigenvalue weighted by molar-refractivity contribution is -0.136. The van der Waals surface area contributed by atoms with Crippen molar-refractivity contribution in [1.82, 2.24) is 9.97 Å². The molecule has 0 saturated carbocycles. The number of piperidine rings is 1. The molecule has 0 atom stereocenters. The number of hydrogen-bond donors (Lipinski definition) is 2. The summed E-state index contributed by atoms with van der Waals surface area (Å²) in [5.41, 5.74) is 0. The van der Waals surface area contributed by atoms with Crippen LogP contribution < -0.4 is 10.2 Å². The van der Waals surface area contributed by atoms with Crippen LogP contribution in [0.15, 0.2) is 12.4 Å². The molecule has 0 bridgehead atoms. The first-order valence-electron chi connectivity index (χ1n) is 6.68. The predicted molar refractivity (Wildman–Crippen MR) is 73.4 cm³/mol. The first-order chi connectivity index (χ1) is 9.16. The van der Waals surface area contributed by atoms with Crippen LogP contribution in [0.1, 0.15) is 26.2 Å². The van der Waals surface area contributed by atoms with Crippen molar-refractivity contribution in [3.05, 3.63) is 12.4 Å². The van der Waals surface area contributed by atoms with E-state index in [-0.39, 0.29) is 6.42 Å². The van der Waals surface area contributed by atoms with E-state index in [1.807, 2.05) is 0 Å². The monoisotopic (exact) mass is 264 g/mol. The number of anilines is 2. The zero-order valence-electron chi connectivity index (χ0n) is 11.2. The van der Waals surface area contributed by atoms with Gasteiger partial charge in [-0.15, -0.1) is 0 Å². The Morgan fingerprint density at radius 1 is 1.42 bits per heavy atom. The molecule has 0 radical (unpaired) electrons. The number of aliphatic carboxylic acids is 1. The van der Waals surface area contributed by atoms with E-state index in [9.17, 15) is 4.79 Å². The van der Waals surface area contributed by atoms with Crippen molar-refractivity contribution in [1.29, 1.82) is 0 Å². The second-order valence-electron chi connectivity index (χ2n) is 4.97. The van der Waals surface area contributed by atoms with Crippen molar-refractivity contribution in [2.24, 2.45) is 5.92 Å². The topological polar surface area (TPSA) is 78.4 Å². The zero-order valence-corrected chi connectivity index (χ0v) is 11.2. The minimum Gasteiger partial charge on any atom is -0.481 e. The minimum atomic E-state index is -0.815. The van der Waals surface area contributed by atoms with Crippen molar-refractivity contribution in [2.75, 3.05) is 29.9 Å². The lowest BCUT2D eigenvalue weighted by Gasteiger charge is -2.31. The van der Waals surface area contributed by atoms with Gasteiger partial charge in [-0.2, -0.15) is 0 Å². The van der Waals surface area contributed by atoms with Gasteiger partial charge in [0, 0.05) is 32.0 Å². The molecule has 1 aliphatic rings. The van der Waals surface area contributed by atoms with E-state index in [2.05, 4.69) is 27.1 Å². The molecule has 1 aromatic heterocycles. The van der Waals surface area contributed by atoms with Crippen LogP contribution >= 0.6 is 0 Å². The van der Waals surface area contributed by atoms with Crippen LogP contribution in [0.4, 0.5) is 11.6 Å². The molecule has 0 amide bonds. The number of rotatable bonds is 5. The van der Waals surface area contributed by atoms with E-state index in [0.717, 1.165) is 37.7 Å². The van der Waals surface area contributed by atoms with E-state index in [1.54, 1.807) is 12.4 Å². The Morgan fingerprint density at radius 2 is 2.11 bits per heavy atom. The minimum absolute atomic E-state index is 0.0764. The van der Waals surface area contributed by atoms with Gasteiger partial charge in [0.1, 0.15) is 0 Å². The highest BCUT2D eigenvalue weighted by molar-refractivity contribution is 5.68. The highest BCUT2D eigenvalue weighted by Gasteiger charge is 2.19. The Kier molecular flexibility index (Phi) is 4.54. The fraction of sp³-hybridized carbons (Fsp3) is 0.615. The van der Waals surface area contributed by atoms with Gasteiger partial charge in [-0.25, -0.2) is 9.97 Å². The largest absolute Gasteiger partial charge is 0.481 e. The maximum Gasteiger partial charge on any atom is 0.305 e. The fourth-order valence-electron chi connectivity index (χ4n) is 2.20. The van der Waals surface area contributed by atoms with Crippen LogP contribution in [0.3, 0.4) is 0 Å². The average Bonchev–Trinajstić information content (AvgIpc) is 2.40.